The molecule has 0 fully saturated rings. The molecule has 202 valence electrons. The molecule has 1 heterocycles. The van der Waals surface area contributed by atoms with Crippen molar-refractivity contribution < 1.29 is 34.8 Å². The molecule has 1 aromatic heterocycles. The van der Waals surface area contributed by atoms with Gasteiger partial charge in [0, 0.05) is 11.6 Å². The van der Waals surface area contributed by atoms with Crippen LogP contribution in [0.15, 0.2) is 47.5 Å². The van der Waals surface area contributed by atoms with Gasteiger partial charge in [-0.15, -0.1) is 0 Å². The van der Waals surface area contributed by atoms with Gasteiger partial charge in [-0.3, -0.25) is 0 Å². The minimum absolute atomic E-state index is 0.0249. The van der Waals surface area contributed by atoms with E-state index in [0.29, 0.717) is 24.1 Å². The van der Waals surface area contributed by atoms with Gasteiger partial charge in [-0.05, 0) is 48.5 Å². The van der Waals surface area contributed by atoms with Gasteiger partial charge in [-0.25, -0.2) is 14.6 Å². The van der Waals surface area contributed by atoms with E-state index in [1.165, 1.54) is 75.3 Å². The molecule has 37 heavy (non-hydrogen) atoms. The average Bonchev–Trinajstić information content (AvgIpc) is 2.86. The highest BCUT2D eigenvalue weighted by molar-refractivity contribution is 7.99. The van der Waals surface area contributed by atoms with Crippen molar-refractivity contribution in [2.75, 3.05) is 6.61 Å². The molecule has 0 unspecified atom stereocenters. The Hall–Kier alpha value is -2.88. The zero-order valence-corrected chi connectivity index (χ0v) is 22.1. The summed E-state index contributed by atoms with van der Waals surface area (Å²) in [6, 6.07) is 8.48. The van der Waals surface area contributed by atoms with Crippen LogP contribution >= 0.6 is 11.8 Å². The van der Waals surface area contributed by atoms with Crippen molar-refractivity contribution >= 4 is 29.8 Å². The molecular formula is C28H37NO7S. The average molecular weight is 532 g/mol. The quantitative estimate of drug-likeness (QED) is 0.0782. The highest BCUT2D eigenvalue weighted by Gasteiger charge is 2.29. The van der Waals surface area contributed by atoms with Crippen LogP contribution in [0.1, 0.15) is 92.7 Å². The van der Waals surface area contributed by atoms with E-state index in [-0.39, 0.29) is 21.8 Å². The molecule has 0 amide bonds. The van der Waals surface area contributed by atoms with Gasteiger partial charge in [-0.2, -0.15) is 0 Å². The van der Waals surface area contributed by atoms with Crippen molar-refractivity contribution in [3.63, 3.8) is 0 Å². The summed E-state index contributed by atoms with van der Waals surface area (Å²) in [6.45, 7) is 2.68. The Kier molecular flexibility index (Phi) is 13.2. The van der Waals surface area contributed by atoms with E-state index in [2.05, 4.69) is 11.9 Å². The Morgan fingerprint density at radius 2 is 1.59 bits per heavy atom. The second-order valence-corrected chi connectivity index (χ2v) is 10.0. The number of hydrogen-bond donors (Lipinski definition) is 4. The van der Waals surface area contributed by atoms with Crippen molar-refractivity contribution in [2.45, 2.75) is 81.3 Å². The van der Waals surface area contributed by atoms with Crippen LogP contribution in [-0.4, -0.2) is 44.0 Å². The Balaban J connectivity index is 1.95. The number of carbonyl (C=O) groups is 2. The number of unbranched alkanes of at least 4 members (excludes halogenated alkanes) is 9. The van der Waals surface area contributed by atoms with Crippen molar-refractivity contribution in [1.82, 2.24) is 4.98 Å². The zero-order valence-electron chi connectivity index (χ0n) is 21.3. The summed E-state index contributed by atoms with van der Waals surface area (Å²) in [6.07, 6.45) is 14.3. The highest BCUT2D eigenvalue weighted by atomic mass is 32.2. The molecule has 0 saturated heterocycles. The number of aliphatic hydroxyl groups is 2. The molecule has 2 rings (SSSR count). The van der Waals surface area contributed by atoms with E-state index in [0.717, 1.165) is 25.3 Å². The number of hydrogen-bond acceptors (Lipinski definition) is 7. The number of thioether (sulfide) groups is 1. The first kappa shape index (κ1) is 30.3. The minimum Gasteiger partial charge on any atom is -0.491 e. The van der Waals surface area contributed by atoms with E-state index < -0.39 is 17.1 Å². The maximum atomic E-state index is 11.2. The third-order valence-corrected chi connectivity index (χ3v) is 6.69. The Bertz CT molecular complexity index is 1040. The number of ether oxygens (including phenoxy) is 1. The molecule has 8 nitrogen and oxygen atoms in total. The molecule has 1 aromatic carbocycles. The number of aliphatic carboxylic acids is 1. The van der Waals surface area contributed by atoms with Crippen LogP contribution in [0.25, 0.3) is 6.08 Å². The fourth-order valence-electron chi connectivity index (χ4n) is 3.72. The fraction of sp³-hybridized carbons (Fsp3) is 0.464. The van der Waals surface area contributed by atoms with Crippen LogP contribution in [0.2, 0.25) is 0 Å². The standard InChI is InChI=1S/C28H37NO7S/c1-2-3-4-5-6-7-8-9-10-11-19-36-24-16-17-25(29-23(24)15-18-26(30)31)37-28(34,35)22-14-12-13-21(20-22)27(32)33/h12-18,20,34-35H,2-11,19H2,1H3,(H,30,31)(H,32,33). The highest BCUT2D eigenvalue weighted by Crippen LogP contribution is 2.37. The third-order valence-electron chi connectivity index (χ3n) is 5.73. The molecule has 9 heteroatoms. The Morgan fingerprint density at radius 3 is 2.22 bits per heavy atom. The number of benzene rings is 1. The predicted molar refractivity (Wildman–Crippen MR) is 144 cm³/mol. The molecule has 0 bridgehead atoms. The number of carboxylic acids is 2. The topological polar surface area (TPSA) is 137 Å². The van der Waals surface area contributed by atoms with Gasteiger partial charge >= 0.3 is 11.9 Å². The summed E-state index contributed by atoms with van der Waals surface area (Å²) in [5.41, 5.74) is 0.136. The summed E-state index contributed by atoms with van der Waals surface area (Å²) in [5, 5.41) is 37.1. The van der Waals surface area contributed by atoms with Crippen LogP contribution in [0.4, 0.5) is 0 Å². The lowest BCUT2D eigenvalue weighted by Crippen LogP contribution is -2.21. The van der Waals surface area contributed by atoms with Gasteiger partial charge in [0.15, 0.2) is 0 Å². The smallest absolute Gasteiger partial charge is 0.335 e. The van der Waals surface area contributed by atoms with Gasteiger partial charge in [0.05, 0.1) is 12.2 Å². The lowest BCUT2D eigenvalue weighted by Gasteiger charge is -2.21. The van der Waals surface area contributed by atoms with Crippen LogP contribution < -0.4 is 4.74 Å². The summed E-state index contributed by atoms with van der Waals surface area (Å²) in [5.74, 6) is -1.94. The lowest BCUT2D eigenvalue weighted by atomic mass is 10.1. The van der Waals surface area contributed by atoms with Crippen molar-refractivity contribution in [1.29, 1.82) is 0 Å². The molecule has 0 saturated carbocycles. The number of aromatic nitrogens is 1. The van der Waals surface area contributed by atoms with Crippen LogP contribution in [0, 0.1) is 0 Å². The van der Waals surface area contributed by atoms with E-state index in [1.807, 2.05) is 0 Å². The van der Waals surface area contributed by atoms with Crippen LogP contribution in [0.3, 0.4) is 0 Å². The van der Waals surface area contributed by atoms with Gasteiger partial charge in [0.1, 0.15) is 16.5 Å². The Labute approximate surface area is 222 Å². The number of aromatic carboxylic acids is 1. The monoisotopic (exact) mass is 531 g/mol. The maximum Gasteiger partial charge on any atom is 0.335 e. The van der Waals surface area contributed by atoms with Crippen LogP contribution in [0.5, 0.6) is 5.75 Å². The molecule has 0 radical (unpaired) electrons. The maximum absolute atomic E-state index is 11.2. The summed E-state index contributed by atoms with van der Waals surface area (Å²) < 4.78 is 5.85. The van der Waals surface area contributed by atoms with Gasteiger partial charge < -0.3 is 25.2 Å². The normalized spacial score (nSPS) is 11.6. The van der Waals surface area contributed by atoms with Crippen LogP contribution in [-0.2, 0) is 9.91 Å². The molecular weight excluding hydrogens is 494 g/mol. The number of nitrogens with zero attached hydrogens (tertiary/aromatic N) is 1. The summed E-state index contributed by atoms with van der Waals surface area (Å²) >= 11 is 0.592. The van der Waals surface area contributed by atoms with Gasteiger partial charge in [-0.1, -0.05) is 76.8 Å². The largest absolute Gasteiger partial charge is 0.491 e. The molecule has 0 aliphatic rings. The zero-order chi connectivity index (χ0) is 27.1. The first-order valence-electron chi connectivity index (χ1n) is 12.8. The molecule has 0 aliphatic heterocycles. The number of carboxylic acid groups (broad SMARTS) is 2. The fourth-order valence-corrected chi connectivity index (χ4v) is 4.54. The van der Waals surface area contributed by atoms with E-state index >= 15 is 0 Å². The molecule has 4 N–H and O–H groups in total. The SMILES string of the molecule is CCCCCCCCCCCCOc1ccc(SC(O)(O)c2cccc(C(=O)O)c2)nc1C=CC(=O)O. The second kappa shape index (κ2) is 16.1. The Morgan fingerprint density at radius 1 is 0.946 bits per heavy atom. The van der Waals surface area contributed by atoms with Crippen molar-refractivity contribution in [3.8, 4) is 5.75 Å². The lowest BCUT2D eigenvalue weighted by molar-refractivity contribution is -0.131. The minimum atomic E-state index is -2.45. The first-order chi connectivity index (χ1) is 17.7. The van der Waals surface area contributed by atoms with Crippen molar-refractivity contribution in [2.24, 2.45) is 0 Å². The van der Waals surface area contributed by atoms with E-state index in [9.17, 15) is 19.8 Å². The summed E-state index contributed by atoms with van der Waals surface area (Å²) in [4.78, 5) is 26.6. The van der Waals surface area contributed by atoms with Gasteiger partial charge in [0.2, 0.25) is 5.12 Å². The molecule has 2 aromatic rings. The molecule has 0 aliphatic carbocycles. The van der Waals surface area contributed by atoms with E-state index in [1.54, 1.807) is 12.1 Å². The number of rotatable bonds is 18. The number of pyridine rings is 1. The van der Waals surface area contributed by atoms with Gasteiger partial charge in [0.25, 0.3) is 0 Å². The second-order valence-electron chi connectivity index (χ2n) is 8.83. The summed E-state index contributed by atoms with van der Waals surface area (Å²) in [7, 11) is 0. The van der Waals surface area contributed by atoms with Crippen molar-refractivity contribution in [3.05, 3.63) is 59.3 Å². The first-order valence-corrected chi connectivity index (χ1v) is 13.6. The molecule has 0 spiro atoms. The third kappa shape index (κ3) is 11.4. The van der Waals surface area contributed by atoms with E-state index in [4.69, 9.17) is 14.9 Å². The predicted octanol–water partition coefficient (Wildman–Crippen LogP) is 6.06. The molecule has 0 atom stereocenters.